The smallest absolute Gasteiger partial charge is 0.255 e. The molecule has 0 unspecified atom stereocenters. The molecule has 1 aromatic carbocycles. The minimum atomic E-state index is 0.0832. The molecule has 0 spiro atoms. The predicted molar refractivity (Wildman–Crippen MR) is 91.8 cm³/mol. The number of nitrogens with zero attached hydrogens (tertiary/aromatic N) is 2. The van der Waals surface area contributed by atoms with Crippen molar-refractivity contribution in [2.24, 2.45) is 5.92 Å². The van der Waals surface area contributed by atoms with E-state index in [-0.39, 0.29) is 5.91 Å². The van der Waals surface area contributed by atoms with Crippen LogP contribution in [0, 0.1) is 26.7 Å². The maximum absolute atomic E-state index is 12.9. The second kappa shape index (κ2) is 6.39. The highest BCUT2D eigenvalue weighted by Crippen LogP contribution is 2.23. The molecular weight excluding hydrogens is 272 g/mol. The lowest BCUT2D eigenvalue weighted by molar-refractivity contribution is 0.0779. The average Bonchev–Trinajstić information content (AvgIpc) is 2.77. The fraction of sp³-hybridized carbons (Fsp3) is 0.421. The minimum absolute atomic E-state index is 0.0832. The Morgan fingerprint density at radius 2 is 1.68 bits per heavy atom. The zero-order chi connectivity index (χ0) is 16.4. The molecule has 0 bridgehead atoms. The number of aromatic nitrogens is 1. The molecule has 0 N–H and O–H groups in total. The third-order valence-corrected chi connectivity index (χ3v) is 3.88. The normalized spacial score (nSPS) is 11.0. The monoisotopic (exact) mass is 298 g/mol. The van der Waals surface area contributed by atoms with E-state index in [2.05, 4.69) is 50.5 Å². The Labute approximate surface area is 133 Å². The van der Waals surface area contributed by atoms with Crippen LogP contribution >= 0.6 is 0 Å². The number of hydrogen-bond donors (Lipinski definition) is 0. The molecule has 0 aliphatic rings. The van der Waals surface area contributed by atoms with Gasteiger partial charge in [0.2, 0.25) is 0 Å². The second-order valence-corrected chi connectivity index (χ2v) is 6.55. The van der Waals surface area contributed by atoms with Gasteiger partial charge in [0.15, 0.2) is 0 Å². The molecule has 0 saturated heterocycles. The molecule has 1 heterocycles. The van der Waals surface area contributed by atoms with Crippen molar-refractivity contribution in [1.29, 1.82) is 0 Å². The summed E-state index contributed by atoms with van der Waals surface area (Å²) < 4.78 is 2.15. The van der Waals surface area contributed by atoms with Crippen molar-refractivity contribution >= 4 is 5.91 Å². The van der Waals surface area contributed by atoms with Crippen LogP contribution in [0.1, 0.15) is 41.2 Å². The van der Waals surface area contributed by atoms with Gasteiger partial charge in [-0.3, -0.25) is 4.79 Å². The van der Waals surface area contributed by atoms with Crippen LogP contribution in [0.2, 0.25) is 0 Å². The molecular formula is C19H26N2O. The van der Waals surface area contributed by atoms with Gasteiger partial charge in [0.05, 0.1) is 11.3 Å². The van der Waals surface area contributed by atoms with Crippen LogP contribution in [0.15, 0.2) is 30.3 Å². The summed E-state index contributed by atoms with van der Waals surface area (Å²) >= 11 is 0. The summed E-state index contributed by atoms with van der Waals surface area (Å²) in [4.78, 5) is 14.7. The topological polar surface area (TPSA) is 25.2 Å². The summed E-state index contributed by atoms with van der Waals surface area (Å²) in [5.41, 5.74) is 5.12. The first-order valence-electron chi connectivity index (χ1n) is 7.82. The van der Waals surface area contributed by atoms with Gasteiger partial charge in [-0.05, 0) is 51.0 Å². The van der Waals surface area contributed by atoms with Crippen LogP contribution in [0.5, 0.6) is 0 Å². The second-order valence-electron chi connectivity index (χ2n) is 6.55. The van der Waals surface area contributed by atoms with Gasteiger partial charge in [0.1, 0.15) is 0 Å². The number of carbonyl (C=O) groups is 1. The van der Waals surface area contributed by atoms with E-state index in [0.717, 1.165) is 34.7 Å². The van der Waals surface area contributed by atoms with E-state index in [1.54, 1.807) is 0 Å². The quantitative estimate of drug-likeness (QED) is 0.833. The summed E-state index contributed by atoms with van der Waals surface area (Å²) in [7, 11) is 1.88. The van der Waals surface area contributed by atoms with Crippen molar-refractivity contribution in [3.8, 4) is 5.69 Å². The number of aryl methyl sites for hydroxylation is 3. The molecule has 118 valence electrons. The molecule has 1 aromatic heterocycles. The first-order chi connectivity index (χ1) is 10.3. The fourth-order valence-electron chi connectivity index (χ4n) is 2.90. The Morgan fingerprint density at radius 3 is 2.23 bits per heavy atom. The van der Waals surface area contributed by atoms with Crippen LogP contribution < -0.4 is 0 Å². The van der Waals surface area contributed by atoms with Crippen molar-refractivity contribution in [2.45, 2.75) is 34.6 Å². The molecule has 0 fully saturated rings. The lowest BCUT2D eigenvalue weighted by Crippen LogP contribution is -2.31. The standard InChI is InChI=1S/C19H26N2O/c1-13(2)12-20(6)19(22)17-11-14(3)7-10-18(17)21-15(4)8-9-16(21)5/h7-11,13H,12H2,1-6H3. The fourth-order valence-corrected chi connectivity index (χ4v) is 2.90. The molecule has 0 aliphatic heterocycles. The van der Waals surface area contributed by atoms with Gasteiger partial charge in [-0.2, -0.15) is 0 Å². The molecule has 3 heteroatoms. The highest BCUT2D eigenvalue weighted by molar-refractivity contribution is 5.98. The number of rotatable bonds is 4. The van der Waals surface area contributed by atoms with Gasteiger partial charge in [-0.15, -0.1) is 0 Å². The molecule has 22 heavy (non-hydrogen) atoms. The van der Waals surface area contributed by atoms with E-state index in [1.165, 1.54) is 0 Å². The maximum atomic E-state index is 12.9. The minimum Gasteiger partial charge on any atom is -0.341 e. The summed E-state index contributed by atoms with van der Waals surface area (Å²) in [5.74, 6) is 0.539. The summed E-state index contributed by atoms with van der Waals surface area (Å²) in [6, 6.07) is 10.3. The highest BCUT2D eigenvalue weighted by Gasteiger charge is 2.19. The average molecular weight is 298 g/mol. The molecule has 0 saturated carbocycles. The number of amides is 1. The van der Waals surface area contributed by atoms with Crippen molar-refractivity contribution in [1.82, 2.24) is 9.47 Å². The van der Waals surface area contributed by atoms with Crippen LogP contribution in [-0.4, -0.2) is 29.0 Å². The Morgan fingerprint density at radius 1 is 1.09 bits per heavy atom. The SMILES string of the molecule is Cc1ccc(-n2c(C)ccc2C)c(C(=O)N(C)CC(C)C)c1. The molecule has 2 aromatic rings. The number of hydrogen-bond acceptors (Lipinski definition) is 1. The third kappa shape index (κ3) is 3.24. The number of benzene rings is 1. The van der Waals surface area contributed by atoms with Crippen molar-refractivity contribution in [3.05, 3.63) is 52.8 Å². The van der Waals surface area contributed by atoms with Crippen molar-refractivity contribution in [3.63, 3.8) is 0 Å². The Hall–Kier alpha value is -2.03. The van der Waals surface area contributed by atoms with Gasteiger partial charge in [0, 0.05) is 25.0 Å². The van der Waals surface area contributed by atoms with Crippen molar-refractivity contribution < 1.29 is 4.79 Å². The van der Waals surface area contributed by atoms with E-state index < -0.39 is 0 Å². The molecule has 0 radical (unpaired) electrons. The molecule has 0 atom stereocenters. The number of carbonyl (C=O) groups excluding carboxylic acids is 1. The molecule has 1 amide bonds. The third-order valence-electron chi connectivity index (χ3n) is 3.88. The molecule has 3 nitrogen and oxygen atoms in total. The largest absolute Gasteiger partial charge is 0.341 e. The Balaban J connectivity index is 2.52. The summed E-state index contributed by atoms with van der Waals surface area (Å²) in [6.45, 7) is 11.2. The van der Waals surface area contributed by atoms with Gasteiger partial charge < -0.3 is 9.47 Å². The van der Waals surface area contributed by atoms with Gasteiger partial charge in [-0.25, -0.2) is 0 Å². The molecule has 2 rings (SSSR count). The predicted octanol–water partition coefficient (Wildman–Crippen LogP) is 4.13. The van der Waals surface area contributed by atoms with Gasteiger partial charge in [-0.1, -0.05) is 25.5 Å². The summed E-state index contributed by atoms with van der Waals surface area (Å²) in [5, 5.41) is 0. The lowest BCUT2D eigenvalue weighted by atomic mass is 10.1. The van der Waals surface area contributed by atoms with E-state index >= 15 is 0 Å². The Kier molecular flexibility index (Phi) is 4.74. The van der Waals surface area contributed by atoms with Crippen LogP contribution in [0.3, 0.4) is 0 Å². The maximum Gasteiger partial charge on any atom is 0.255 e. The van der Waals surface area contributed by atoms with Gasteiger partial charge >= 0.3 is 0 Å². The van der Waals surface area contributed by atoms with Crippen molar-refractivity contribution in [2.75, 3.05) is 13.6 Å². The first-order valence-corrected chi connectivity index (χ1v) is 7.82. The van der Waals surface area contributed by atoms with E-state index in [4.69, 9.17) is 0 Å². The zero-order valence-corrected chi connectivity index (χ0v) is 14.5. The van der Waals surface area contributed by atoms with Gasteiger partial charge in [0.25, 0.3) is 5.91 Å². The van der Waals surface area contributed by atoms with Crippen LogP contribution in [0.25, 0.3) is 5.69 Å². The Bertz CT molecular complexity index is 663. The molecule has 0 aliphatic carbocycles. The summed E-state index contributed by atoms with van der Waals surface area (Å²) in [6.07, 6.45) is 0. The first kappa shape index (κ1) is 16.3. The van der Waals surface area contributed by atoms with E-state index in [1.807, 2.05) is 31.0 Å². The van der Waals surface area contributed by atoms with Crippen LogP contribution in [0.4, 0.5) is 0 Å². The highest BCUT2D eigenvalue weighted by atomic mass is 16.2. The van der Waals surface area contributed by atoms with E-state index in [9.17, 15) is 4.79 Å². The van der Waals surface area contributed by atoms with Crippen LogP contribution in [-0.2, 0) is 0 Å². The lowest BCUT2D eigenvalue weighted by Gasteiger charge is -2.22. The van der Waals surface area contributed by atoms with E-state index in [0.29, 0.717) is 5.92 Å². The zero-order valence-electron chi connectivity index (χ0n) is 14.5.